The average Bonchev–Trinajstić information content (AvgIpc) is 2.10. The van der Waals surface area contributed by atoms with Crippen LogP contribution in [0.15, 0.2) is 17.1 Å². The van der Waals surface area contributed by atoms with E-state index in [1.807, 2.05) is 0 Å². The molecule has 1 aromatic heterocycles. The van der Waals surface area contributed by atoms with Gasteiger partial charge in [0.2, 0.25) is 0 Å². The fraction of sp³-hybridized carbons (Fsp3) is 0.444. The molecule has 0 bridgehead atoms. The summed E-state index contributed by atoms with van der Waals surface area (Å²) in [5, 5.41) is 0.198. The van der Waals surface area contributed by atoms with Gasteiger partial charge in [-0.25, -0.2) is 0 Å². The van der Waals surface area contributed by atoms with Gasteiger partial charge in [0.15, 0.2) is 0 Å². The number of aromatic amines is 1. The number of nitrogens with one attached hydrogen (secondary N) is 1. The average molecular weight is 201 g/mol. The Morgan fingerprint density at radius 2 is 2.38 bits per heavy atom. The molecule has 0 fully saturated rings. The number of H-pyrrole nitrogens is 1. The van der Waals surface area contributed by atoms with E-state index in [0.717, 1.165) is 18.4 Å². The SMILES string of the molecule is CCCC(N)c1c[nH]c(=O)c(Cl)c1. The maximum absolute atomic E-state index is 10.9. The lowest BCUT2D eigenvalue weighted by molar-refractivity contribution is 0.636. The normalized spacial score (nSPS) is 12.8. The number of hydrogen-bond donors (Lipinski definition) is 2. The summed E-state index contributed by atoms with van der Waals surface area (Å²) in [6, 6.07) is 1.58. The molecular weight excluding hydrogens is 188 g/mol. The van der Waals surface area contributed by atoms with E-state index in [0.29, 0.717) is 0 Å². The van der Waals surface area contributed by atoms with Crippen molar-refractivity contribution in [3.63, 3.8) is 0 Å². The van der Waals surface area contributed by atoms with Crippen LogP contribution in [-0.4, -0.2) is 4.98 Å². The van der Waals surface area contributed by atoms with Crippen LogP contribution in [-0.2, 0) is 0 Å². The monoisotopic (exact) mass is 200 g/mol. The third-order valence-electron chi connectivity index (χ3n) is 1.91. The summed E-state index contributed by atoms with van der Waals surface area (Å²) in [4.78, 5) is 13.5. The van der Waals surface area contributed by atoms with Gasteiger partial charge in [0, 0.05) is 12.2 Å². The first-order valence-electron chi connectivity index (χ1n) is 4.29. The minimum absolute atomic E-state index is 0.0423. The number of halogens is 1. The molecule has 0 radical (unpaired) electrons. The van der Waals surface area contributed by atoms with Gasteiger partial charge in [0.25, 0.3) is 5.56 Å². The van der Waals surface area contributed by atoms with Crippen LogP contribution < -0.4 is 11.3 Å². The number of hydrogen-bond acceptors (Lipinski definition) is 2. The molecule has 0 aromatic carbocycles. The summed E-state index contributed by atoms with van der Waals surface area (Å²) in [6.45, 7) is 2.06. The van der Waals surface area contributed by atoms with Gasteiger partial charge in [-0.1, -0.05) is 24.9 Å². The van der Waals surface area contributed by atoms with E-state index in [1.165, 1.54) is 0 Å². The van der Waals surface area contributed by atoms with Gasteiger partial charge in [-0.2, -0.15) is 0 Å². The van der Waals surface area contributed by atoms with Crippen molar-refractivity contribution in [2.24, 2.45) is 5.73 Å². The lowest BCUT2D eigenvalue weighted by Crippen LogP contribution is -2.13. The second-order valence-electron chi connectivity index (χ2n) is 3.01. The van der Waals surface area contributed by atoms with Gasteiger partial charge >= 0.3 is 0 Å². The molecule has 1 rings (SSSR count). The maximum Gasteiger partial charge on any atom is 0.266 e. The van der Waals surface area contributed by atoms with Crippen molar-refractivity contribution in [1.82, 2.24) is 4.98 Å². The molecule has 3 nitrogen and oxygen atoms in total. The van der Waals surface area contributed by atoms with Gasteiger partial charge in [-0.15, -0.1) is 0 Å². The van der Waals surface area contributed by atoms with E-state index in [9.17, 15) is 4.79 Å². The molecule has 0 aliphatic carbocycles. The molecule has 72 valence electrons. The first-order chi connectivity index (χ1) is 6.15. The van der Waals surface area contributed by atoms with Crippen LogP contribution in [0.1, 0.15) is 31.4 Å². The standard InChI is InChI=1S/C9H13ClN2O/c1-2-3-8(11)6-4-7(10)9(13)12-5-6/h4-5,8H,2-3,11H2,1H3,(H,12,13). The van der Waals surface area contributed by atoms with Crippen LogP contribution in [0.5, 0.6) is 0 Å². The van der Waals surface area contributed by atoms with Crippen molar-refractivity contribution in [2.45, 2.75) is 25.8 Å². The topological polar surface area (TPSA) is 58.9 Å². The van der Waals surface area contributed by atoms with Crippen molar-refractivity contribution < 1.29 is 0 Å². The molecule has 3 N–H and O–H groups in total. The predicted molar refractivity (Wildman–Crippen MR) is 53.9 cm³/mol. The molecule has 13 heavy (non-hydrogen) atoms. The van der Waals surface area contributed by atoms with Crippen molar-refractivity contribution in [1.29, 1.82) is 0 Å². The number of pyridine rings is 1. The molecule has 0 spiro atoms. The Morgan fingerprint density at radius 1 is 1.69 bits per heavy atom. The summed E-state index contributed by atoms with van der Waals surface area (Å²) < 4.78 is 0. The van der Waals surface area contributed by atoms with Gasteiger partial charge in [0.05, 0.1) is 0 Å². The number of nitrogens with two attached hydrogens (primary N) is 1. The third-order valence-corrected chi connectivity index (χ3v) is 2.19. The van der Waals surface area contributed by atoms with E-state index >= 15 is 0 Å². The lowest BCUT2D eigenvalue weighted by Gasteiger charge is -2.09. The van der Waals surface area contributed by atoms with E-state index in [4.69, 9.17) is 17.3 Å². The van der Waals surface area contributed by atoms with E-state index in [1.54, 1.807) is 12.3 Å². The van der Waals surface area contributed by atoms with E-state index in [-0.39, 0.29) is 16.6 Å². The van der Waals surface area contributed by atoms with Crippen molar-refractivity contribution in [2.75, 3.05) is 0 Å². The number of aromatic nitrogens is 1. The third kappa shape index (κ3) is 2.57. The highest BCUT2D eigenvalue weighted by Crippen LogP contribution is 2.15. The molecule has 1 atom stereocenters. The van der Waals surface area contributed by atoms with E-state index in [2.05, 4.69) is 11.9 Å². The van der Waals surface area contributed by atoms with Crippen LogP contribution in [0.25, 0.3) is 0 Å². The van der Waals surface area contributed by atoms with Crippen LogP contribution in [0.3, 0.4) is 0 Å². The highest BCUT2D eigenvalue weighted by Gasteiger charge is 2.06. The first-order valence-corrected chi connectivity index (χ1v) is 4.66. The van der Waals surface area contributed by atoms with Crippen LogP contribution in [0.4, 0.5) is 0 Å². The Labute approximate surface area is 81.9 Å². The minimum Gasteiger partial charge on any atom is -0.327 e. The highest BCUT2D eigenvalue weighted by atomic mass is 35.5. The van der Waals surface area contributed by atoms with Crippen molar-refractivity contribution in [3.05, 3.63) is 33.2 Å². The summed E-state index contributed by atoms with van der Waals surface area (Å²) in [5.41, 5.74) is 6.46. The minimum atomic E-state index is -0.269. The van der Waals surface area contributed by atoms with Crippen molar-refractivity contribution >= 4 is 11.6 Å². The molecule has 1 unspecified atom stereocenters. The fourth-order valence-corrected chi connectivity index (χ4v) is 1.34. The maximum atomic E-state index is 10.9. The fourth-order valence-electron chi connectivity index (χ4n) is 1.16. The Morgan fingerprint density at radius 3 is 2.92 bits per heavy atom. The van der Waals surface area contributed by atoms with Gasteiger partial charge in [-0.3, -0.25) is 4.79 Å². The Balaban J connectivity index is 2.90. The summed E-state index contributed by atoms with van der Waals surface area (Å²) in [5.74, 6) is 0. The molecule has 0 aliphatic heterocycles. The highest BCUT2D eigenvalue weighted by molar-refractivity contribution is 6.30. The Bertz CT molecular complexity index is 335. The second-order valence-corrected chi connectivity index (χ2v) is 3.41. The Hall–Kier alpha value is -0.800. The summed E-state index contributed by atoms with van der Waals surface area (Å²) in [6.07, 6.45) is 3.52. The summed E-state index contributed by atoms with van der Waals surface area (Å²) in [7, 11) is 0. The van der Waals surface area contributed by atoms with Gasteiger partial charge in [-0.05, 0) is 18.1 Å². The molecule has 0 amide bonds. The van der Waals surface area contributed by atoms with Gasteiger partial charge < -0.3 is 10.7 Å². The zero-order valence-corrected chi connectivity index (χ0v) is 8.27. The van der Waals surface area contributed by atoms with Crippen LogP contribution in [0, 0.1) is 0 Å². The van der Waals surface area contributed by atoms with Crippen LogP contribution >= 0.6 is 11.6 Å². The molecule has 0 saturated heterocycles. The zero-order valence-electron chi connectivity index (χ0n) is 7.51. The zero-order chi connectivity index (χ0) is 9.84. The first kappa shape index (κ1) is 10.3. The largest absolute Gasteiger partial charge is 0.327 e. The summed E-state index contributed by atoms with van der Waals surface area (Å²) >= 11 is 5.66. The quantitative estimate of drug-likeness (QED) is 0.782. The number of rotatable bonds is 3. The molecule has 1 heterocycles. The van der Waals surface area contributed by atoms with Crippen molar-refractivity contribution in [3.8, 4) is 0 Å². The predicted octanol–water partition coefficient (Wildman–Crippen LogP) is 1.83. The smallest absolute Gasteiger partial charge is 0.266 e. The molecule has 1 aromatic rings. The molecular formula is C9H13ClN2O. The lowest BCUT2D eigenvalue weighted by atomic mass is 10.1. The van der Waals surface area contributed by atoms with Crippen LogP contribution in [0.2, 0.25) is 5.02 Å². The molecule has 0 saturated carbocycles. The Kier molecular flexibility index (Phi) is 3.51. The molecule has 0 aliphatic rings. The van der Waals surface area contributed by atoms with E-state index < -0.39 is 0 Å². The van der Waals surface area contributed by atoms with Gasteiger partial charge in [0.1, 0.15) is 5.02 Å². The molecule has 4 heteroatoms. The second kappa shape index (κ2) is 4.44.